The topological polar surface area (TPSA) is 53.4 Å². The van der Waals surface area contributed by atoms with E-state index in [4.69, 9.17) is 16.7 Å². The largest absolute Gasteiger partial charge is 0.478 e. The van der Waals surface area contributed by atoms with Gasteiger partial charge in [-0.25, -0.2) is 9.78 Å². The molecule has 1 N–H and O–H groups in total. The second-order valence-corrected chi connectivity index (χ2v) is 4.76. The molecule has 0 atom stereocenters. The Hall–Kier alpha value is -2.07. The number of carboxylic acids is 1. The van der Waals surface area contributed by atoms with Gasteiger partial charge in [0, 0.05) is 18.4 Å². The van der Waals surface area contributed by atoms with Gasteiger partial charge >= 0.3 is 5.97 Å². The predicted octanol–water partition coefficient (Wildman–Crippen LogP) is 3.90. The van der Waals surface area contributed by atoms with Crippen LogP contribution in [0.5, 0.6) is 0 Å². The third kappa shape index (κ3) is 2.75. The molecule has 0 fully saturated rings. The van der Waals surface area contributed by atoms with Crippen LogP contribution in [0.1, 0.15) is 22.8 Å². The van der Waals surface area contributed by atoms with Gasteiger partial charge in [-0.15, -0.1) is 0 Å². The molecule has 0 radical (unpaired) electrons. The first-order chi connectivity index (χ1) is 9.54. The summed E-state index contributed by atoms with van der Waals surface area (Å²) < 4.78 is 0. The van der Waals surface area contributed by atoms with Crippen molar-refractivity contribution in [2.24, 2.45) is 0 Å². The molecule has 2 rings (SSSR count). The monoisotopic (exact) mass is 290 g/mol. The number of hydrogen-bond acceptors (Lipinski definition) is 3. The first-order valence-electron chi connectivity index (χ1n) is 6.26. The smallest absolute Gasteiger partial charge is 0.337 e. The number of nitrogens with zero attached hydrogens (tertiary/aromatic N) is 2. The van der Waals surface area contributed by atoms with Crippen LogP contribution in [-0.4, -0.2) is 22.6 Å². The van der Waals surface area contributed by atoms with Crippen LogP contribution in [0.4, 0.5) is 11.5 Å². The first kappa shape index (κ1) is 14.3. The molecule has 1 aromatic carbocycles. The third-order valence-electron chi connectivity index (χ3n) is 3.02. The van der Waals surface area contributed by atoms with E-state index in [9.17, 15) is 4.79 Å². The van der Waals surface area contributed by atoms with Crippen LogP contribution in [0.25, 0.3) is 0 Å². The highest BCUT2D eigenvalue weighted by Crippen LogP contribution is 2.32. The standard InChI is InChI=1S/C15H15ClN2O2/c1-3-18(11-6-4-10(2)5-7-11)14-13(16)12(15(19)20)8-9-17-14/h4-9H,3H2,1-2H3,(H,19,20). The molecule has 0 spiro atoms. The van der Waals surface area contributed by atoms with Gasteiger partial charge in [0.05, 0.1) is 10.6 Å². The number of rotatable bonds is 4. The minimum Gasteiger partial charge on any atom is -0.478 e. The van der Waals surface area contributed by atoms with Gasteiger partial charge in [0.2, 0.25) is 0 Å². The molecule has 0 saturated carbocycles. The van der Waals surface area contributed by atoms with Gasteiger partial charge in [0.1, 0.15) is 0 Å². The maximum atomic E-state index is 11.1. The van der Waals surface area contributed by atoms with E-state index in [1.165, 1.54) is 12.3 Å². The van der Waals surface area contributed by atoms with Crippen molar-refractivity contribution in [2.75, 3.05) is 11.4 Å². The number of aryl methyl sites for hydroxylation is 1. The molecular weight excluding hydrogens is 276 g/mol. The first-order valence-corrected chi connectivity index (χ1v) is 6.64. The van der Waals surface area contributed by atoms with Gasteiger partial charge < -0.3 is 10.0 Å². The van der Waals surface area contributed by atoms with E-state index in [1.807, 2.05) is 43.0 Å². The summed E-state index contributed by atoms with van der Waals surface area (Å²) in [6.45, 7) is 4.61. The number of halogens is 1. The van der Waals surface area contributed by atoms with Gasteiger partial charge in [-0.05, 0) is 32.0 Å². The number of anilines is 2. The fraction of sp³-hybridized carbons (Fsp3) is 0.200. The van der Waals surface area contributed by atoms with Crippen molar-refractivity contribution in [1.29, 1.82) is 0 Å². The maximum Gasteiger partial charge on any atom is 0.337 e. The van der Waals surface area contributed by atoms with Crippen LogP contribution in [0, 0.1) is 6.92 Å². The summed E-state index contributed by atoms with van der Waals surface area (Å²) in [5.41, 5.74) is 2.14. The Morgan fingerprint density at radius 3 is 2.50 bits per heavy atom. The summed E-state index contributed by atoms with van der Waals surface area (Å²) in [5, 5.41) is 9.28. The Morgan fingerprint density at radius 1 is 1.30 bits per heavy atom. The molecule has 0 amide bonds. The summed E-state index contributed by atoms with van der Waals surface area (Å²) in [6, 6.07) is 9.31. The molecule has 4 nitrogen and oxygen atoms in total. The van der Waals surface area contributed by atoms with Crippen molar-refractivity contribution < 1.29 is 9.90 Å². The SMILES string of the molecule is CCN(c1ccc(C)cc1)c1nccc(C(=O)O)c1Cl. The lowest BCUT2D eigenvalue weighted by Gasteiger charge is -2.23. The van der Waals surface area contributed by atoms with Crippen molar-refractivity contribution in [2.45, 2.75) is 13.8 Å². The Kier molecular flexibility index (Phi) is 4.25. The minimum absolute atomic E-state index is 0.0576. The molecule has 1 aromatic heterocycles. The van der Waals surface area contributed by atoms with Gasteiger partial charge in [-0.2, -0.15) is 0 Å². The maximum absolute atomic E-state index is 11.1. The molecule has 0 bridgehead atoms. The molecule has 0 saturated heterocycles. The third-order valence-corrected chi connectivity index (χ3v) is 3.39. The zero-order valence-electron chi connectivity index (χ0n) is 11.3. The van der Waals surface area contributed by atoms with Crippen LogP contribution in [0.15, 0.2) is 36.5 Å². The van der Waals surface area contributed by atoms with Crippen molar-refractivity contribution in [3.63, 3.8) is 0 Å². The van der Waals surface area contributed by atoms with Crippen molar-refractivity contribution in [1.82, 2.24) is 4.98 Å². The molecule has 0 aliphatic carbocycles. The molecule has 104 valence electrons. The van der Waals surface area contributed by atoms with E-state index in [2.05, 4.69) is 4.98 Å². The van der Waals surface area contributed by atoms with Gasteiger partial charge in [-0.3, -0.25) is 0 Å². The molecule has 0 unspecified atom stereocenters. The quantitative estimate of drug-likeness (QED) is 0.928. The predicted molar refractivity (Wildman–Crippen MR) is 80.1 cm³/mol. The van der Waals surface area contributed by atoms with Crippen LogP contribution in [-0.2, 0) is 0 Å². The zero-order chi connectivity index (χ0) is 14.7. The number of hydrogen-bond donors (Lipinski definition) is 1. The van der Waals surface area contributed by atoms with Crippen LogP contribution in [0.2, 0.25) is 5.02 Å². The average Bonchev–Trinajstić information content (AvgIpc) is 2.43. The van der Waals surface area contributed by atoms with E-state index in [0.29, 0.717) is 12.4 Å². The van der Waals surface area contributed by atoms with Gasteiger partial charge in [0.15, 0.2) is 5.82 Å². The van der Waals surface area contributed by atoms with Crippen molar-refractivity contribution in [3.05, 3.63) is 52.7 Å². The fourth-order valence-electron chi connectivity index (χ4n) is 1.97. The highest BCUT2D eigenvalue weighted by Gasteiger charge is 2.18. The lowest BCUT2D eigenvalue weighted by molar-refractivity contribution is 0.0697. The number of carboxylic acid groups (broad SMARTS) is 1. The molecule has 0 aliphatic heterocycles. The fourth-order valence-corrected chi connectivity index (χ4v) is 2.26. The second-order valence-electron chi connectivity index (χ2n) is 4.38. The van der Waals surface area contributed by atoms with E-state index in [-0.39, 0.29) is 10.6 Å². The summed E-state index contributed by atoms with van der Waals surface area (Å²) in [4.78, 5) is 17.2. The van der Waals surface area contributed by atoms with Crippen LogP contribution < -0.4 is 4.90 Å². The second kappa shape index (κ2) is 5.92. The lowest BCUT2D eigenvalue weighted by atomic mass is 10.2. The summed E-state index contributed by atoms with van der Waals surface area (Å²) in [6.07, 6.45) is 1.46. The number of aromatic nitrogens is 1. The van der Waals surface area contributed by atoms with E-state index in [1.54, 1.807) is 0 Å². The molecule has 20 heavy (non-hydrogen) atoms. The Bertz CT molecular complexity index is 626. The zero-order valence-corrected chi connectivity index (χ0v) is 12.1. The van der Waals surface area contributed by atoms with E-state index >= 15 is 0 Å². The molecule has 2 aromatic rings. The number of pyridine rings is 1. The summed E-state index contributed by atoms with van der Waals surface area (Å²) in [5.74, 6) is -0.600. The summed E-state index contributed by atoms with van der Waals surface area (Å²) in [7, 11) is 0. The number of benzene rings is 1. The number of carbonyl (C=O) groups is 1. The Morgan fingerprint density at radius 2 is 1.95 bits per heavy atom. The molecular formula is C15H15ClN2O2. The Labute approximate surface area is 122 Å². The van der Waals surface area contributed by atoms with Crippen LogP contribution in [0.3, 0.4) is 0 Å². The molecule has 1 heterocycles. The summed E-state index contributed by atoms with van der Waals surface area (Å²) >= 11 is 6.17. The highest BCUT2D eigenvalue weighted by molar-refractivity contribution is 6.36. The molecule has 0 aliphatic rings. The van der Waals surface area contributed by atoms with Crippen molar-refractivity contribution >= 4 is 29.1 Å². The number of aromatic carboxylic acids is 1. The van der Waals surface area contributed by atoms with Crippen molar-refractivity contribution in [3.8, 4) is 0 Å². The minimum atomic E-state index is -1.06. The Balaban J connectivity index is 2.49. The van der Waals surface area contributed by atoms with Crippen LogP contribution >= 0.6 is 11.6 Å². The van der Waals surface area contributed by atoms with E-state index < -0.39 is 5.97 Å². The molecule has 5 heteroatoms. The normalized spacial score (nSPS) is 10.3. The van der Waals surface area contributed by atoms with E-state index in [0.717, 1.165) is 11.3 Å². The van der Waals surface area contributed by atoms with Gasteiger partial charge in [-0.1, -0.05) is 29.3 Å². The average molecular weight is 291 g/mol. The van der Waals surface area contributed by atoms with Gasteiger partial charge in [0.25, 0.3) is 0 Å². The lowest BCUT2D eigenvalue weighted by Crippen LogP contribution is -2.18. The highest BCUT2D eigenvalue weighted by atomic mass is 35.5.